The number of halogens is 1. The number of anilines is 1. The van der Waals surface area contributed by atoms with Gasteiger partial charge in [-0.2, -0.15) is 0 Å². The van der Waals surface area contributed by atoms with Crippen LogP contribution in [0, 0.1) is 11.2 Å². The number of carbonyl (C=O) groups is 2. The Morgan fingerprint density at radius 1 is 1.12 bits per heavy atom. The van der Waals surface area contributed by atoms with E-state index >= 15 is 0 Å². The fourth-order valence-corrected chi connectivity index (χ4v) is 2.52. The van der Waals surface area contributed by atoms with E-state index in [1.807, 2.05) is 6.92 Å². The molecule has 0 fully saturated rings. The highest BCUT2D eigenvalue weighted by atomic mass is 19.1. The lowest BCUT2D eigenvalue weighted by Gasteiger charge is -2.15. The minimum Gasteiger partial charge on any atom is -0.478 e. The summed E-state index contributed by atoms with van der Waals surface area (Å²) in [4.78, 5) is 25.6. The van der Waals surface area contributed by atoms with Gasteiger partial charge in [-0.15, -0.1) is 0 Å². The monoisotopic (exact) mass is 326 g/mol. The summed E-state index contributed by atoms with van der Waals surface area (Å²) < 4.78 is 19.6. The highest BCUT2D eigenvalue weighted by molar-refractivity contribution is 6.34. The molecule has 0 spiro atoms. The second-order valence-electron chi connectivity index (χ2n) is 5.34. The fourth-order valence-electron chi connectivity index (χ4n) is 2.52. The molecule has 3 rings (SSSR count). The molecule has 0 radical (unpaired) electrons. The van der Waals surface area contributed by atoms with Gasteiger partial charge in [-0.3, -0.25) is 15.0 Å². The van der Waals surface area contributed by atoms with E-state index in [9.17, 15) is 14.0 Å². The molecule has 0 aromatic heterocycles. The van der Waals surface area contributed by atoms with Crippen LogP contribution in [-0.2, 0) is 4.74 Å². The van der Waals surface area contributed by atoms with Crippen LogP contribution in [0.3, 0.4) is 0 Å². The highest BCUT2D eigenvalue weighted by Crippen LogP contribution is 2.30. The largest absolute Gasteiger partial charge is 0.478 e. The van der Waals surface area contributed by atoms with Gasteiger partial charge in [-0.1, -0.05) is 19.1 Å². The number of imide groups is 1. The second kappa shape index (κ2) is 6.23. The Morgan fingerprint density at radius 2 is 1.75 bits per heavy atom. The van der Waals surface area contributed by atoms with Gasteiger partial charge >= 0.3 is 0 Å². The first-order valence-corrected chi connectivity index (χ1v) is 7.53. The third-order valence-corrected chi connectivity index (χ3v) is 3.70. The zero-order valence-corrected chi connectivity index (χ0v) is 13.0. The standard InChI is InChI=1S/C18H15FN2O3/c1-2-9-24-16(20)11-7-8-15(14(19)10-11)21-17(22)12-5-3-4-6-13(12)18(21)23/h3-8,10,20H,2,9H2,1H3. The molecule has 24 heavy (non-hydrogen) atoms. The van der Waals surface area contributed by atoms with Crippen molar-refractivity contribution in [2.24, 2.45) is 0 Å². The third kappa shape index (κ3) is 2.56. The zero-order chi connectivity index (χ0) is 17.3. The van der Waals surface area contributed by atoms with Crippen molar-refractivity contribution in [3.63, 3.8) is 0 Å². The highest BCUT2D eigenvalue weighted by Gasteiger charge is 2.37. The van der Waals surface area contributed by atoms with E-state index in [0.717, 1.165) is 17.4 Å². The maximum absolute atomic E-state index is 14.5. The van der Waals surface area contributed by atoms with Crippen LogP contribution in [0.5, 0.6) is 0 Å². The number of amides is 2. The molecule has 1 aliphatic heterocycles. The molecule has 1 N–H and O–H groups in total. The molecule has 0 atom stereocenters. The van der Waals surface area contributed by atoms with Gasteiger partial charge in [0.05, 0.1) is 23.4 Å². The molecule has 122 valence electrons. The number of carbonyl (C=O) groups excluding carboxylic acids is 2. The number of nitrogens with zero attached hydrogens (tertiary/aromatic N) is 1. The van der Waals surface area contributed by atoms with Crippen molar-refractivity contribution in [3.8, 4) is 0 Å². The van der Waals surface area contributed by atoms with E-state index in [1.54, 1.807) is 12.1 Å². The van der Waals surface area contributed by atoms with Gasteiger partial charge < -0.3 is 4.74 Å². The van der Waals surface area contributed by atoms with Crippen molar-refractivity contribution >= 4 is 23.4 Å². The molecular weight excluding hydrogens is 311 g/mol. The van der Waals surface area contributed by atoms with Crippen molar-refractivity contribution in [1.29, 1.82) is 5.41 Å². The Balaban J connectivity index is 1.93. The Morgan fingerprint density at radius 3 is 2.29 bits per heavy atom. The topological polar surface area (TPSA) is 70.5 Å². The van der Waals surface area contributed by atoms with Gasteiger partial charge in [-0.25, -0.2) is 9.29 Å². The number of nitrogens with one attached hydrogen (secondary N) is 1. The minimum absolute atomic E-state index is 0.131. The number of hydrogen-bond donors (Lipinski definition) is 1. The molecule has 1 heterocycles. The summed E-state index contributed by atoms with van der Waals surface area (Å²) in [6.45, 7) is 2.26. The molecule has 2 amide bonds. The number of ether oxygens (including phenoxy) is 1. The van der Waals surface area contributed by atoms with Crippen LogP contribution in [-0.4, -0.2) is 24.3 Å². The molecule has 6 heteroatoms. The van der Waals surface area contributed by atoms with Crippen LogP contribution >= 0.6 is 0 Å². The van der Waals surface area contributed by atoms with Crippen LogP contribution in [0.2, 0.25) is 0 Å². The molecule has 0 saturated heterocycles. The normalized spacial score (nSPS) is 13.2. The average molecular weight is 326 g/mol. The Bertz CT molecular complexity index is 813. The first-order chi connectivity index (χ1) is 11.5. The average Bonchev–Trinajstić information content (AvgIpc) is 2.84. The van der Waals surface area contributed by atoms with Crippen molar-refractivity contribution < 1.29 is 18.7 Å². The summed E-state index contributed by atoms with van der Waals surface area (Å²) in [5.41, 5.74) is 0.629. The van der Waals surface area contributed by atoms with E-state index in [2.05, 4.69) is 0 Å². The Labute approximate surface area is 138 Å². The van der Waals surface area contributed by atoms with Gasteiger partial charge in [0.1, 0.15) is 5.82 Å². The van der Waals surface area contributed by atoms with E-state index in [0.29, 0.717) is 6.61 Å². The maximum atomic E-state index is 14.5. The molecule has 2 aromatic rings. The van der Waals surface area contributed by atoms with Gasteiger partial charge in [0, 0.05) is 5.56 Å². The van der Waals surface area contributed by atoms with Gasteiger partial charge in [0.15, 0.2) is 0 Å². The summed E-state index contributed by atoms with van der Waals surface area (Å²) in [6, 6.07) is 10.2. The number of rotatable bonds is 4. The molecule has 0 aliphatic carbocycles. The number of fused-ring (bicyclic) bond motifs is 1. The minimum atomic E-state index is -0.758. The first-order valence-electron chi connectivity index (χ1n) is 7.53. The Kier molecular flexibility index (Phi) is 4.12. The number of benzene rings is 2. The second-order valence-corrected chi connectivity index (χ2v) is 5.34. The van der Waals surface area contributed by atoms with Crippen LogP contribution in [0.25, 0.3) is 0 Å². The van der Waals surface area contributed by atoms with Crippen molar-refractivity contribution in [2.45, 2.75) is 13.3 Å². The molecule has 0 bridgehead atoms. The van der Waals surface area contributed by atoms with Gasteiger partial charge in [0.25, 0.3) is 11.8 Å². The van der Waals surface area contributed by atoms with E-state index < -0.39 is 17.6 Å². The van der Waals surface area contributed by atoms with Gasteiger partial charge in [0.2, 0.25) is 5.90 Å². The molecule has 2 aromatic carbocycles. The fraction of sp³-hybridized carbons (Fsp3) is 0.167. The summed E-state index contributed by atoms with van der Waals surface area (Å²) in [7, 11) is 0. The van der Waals surface area contributed by atoms with E-state index in [1.165, 1.54) is 24.3 Å². The predicted octanol–water partition coefficient (Wildman–Crippen LogP) is 3.38. The first kappa shape index (κ1) is 15.9. The van der Waals surface area contributed by atoms with Gasteiger partial charge in [-0.05, 0) is 36.8 Å². The van der Waals surface area contributed by atoms with E-state index in [-0.39, 0.29) is 28.3 Å². The quantitative estimate of drug-likeness (QED) is 0.532. The number of hydrogen-bond acceptors (Lipinski definition) is 4. The molecule has 5 nitrogen and oxygen atoms in total. The molecule has 0 saturated carbocycles. The summed E-state index contributed by atoms with van der Waals surface area (Å²) >= 11 is 0. The van der Waals surface area contributed by atoms with Crippen molar-refractivity contribution in [1.82, 2.24) is 0 Å². The SMILES string of the molecule is CCCOC(=N)c1ccc(N2C(=O)c3ccccc3C2=O)c(F)c1. The summed E-state index contributed by atoms with van der Waals surface area (Å²) in [5, 5.41) is 7.76. The van der Waals surface area contributed by atoms with E-state index in [4.69, 9.17) is 10.1 Å². The molecule has 0 unspecified atom stereocenters. The van der Waals surface area contributed by atoms with Crippen LogP contribution < -0.4 is 4.90 Å². The Hall–Kier alpha value is -3.02. The van der Waals surface area contributed by atoms with Crippen LogP contribution in [0.1, 0.15) is 39.6 Å². The van der Waals surface area contributed by atoms with Crippen molar-refractivity contribution in [3.05, 3.63) is 65.0 Å². The lowest BCUT2D eigenvalue weighted by atomic mass is 10.1. The molecule has 1 aliphatic rings. The predicted molar refractivity (Wildman–Crippen MR) is 87.1 cm³/mol. The lowest BCUT2D eigenvalue weighted by Crippen LogP contribution is -2.30. The summed E-state index contributed by atoms with van der Waals surface area (Å²) in [6.07, 6.45) is 0.734. The maximum Gasteiger partial charge on any atom is 0.266 e. The van der Waals surface area contributed by atoms with Crippen molar-refractivity contribution in [2.75, 3.05) is 11.5 Å². The zero-order valence-electron chi connectivity index (χ0n) is 13.0. The van der Waals surface area contributed by atoms with Crippen LogP contribution in [0.15, 0.2) is 42.5 Å². The molecular formula is C18H15FN2O3. The van der Waals surface area contributed by atoms with Crippen LogP contribution in [0.4, 0.5) is 10.1 Å². The summed E-state index contributed by atoms with van der Waals surface area (Å²) in [5.74, 6) is -2.02. The lowest BCUT2D eigenvalue weighted by molar-refractivity contribution is 0.0925. The smallest absolute Gasteiger partial charge is 0.266 e. The third-order valence-electron chi connectivity index (χ3n) is 3.70.